The van der Waals surface area contributed by atoms with Crippen molar-refractivity contribution in [1.29, 1.82) is 0 Å². The monoisotopic (exact) mass is 175 g/mol. The SMILES string of the molecule is Cc1ccc(C2(N)CC2)c(C)c1C. The third-order valence-electron chi connectivity index (χ3n) is 3.38. The molecule has 1 heteroatoms. The minimum atomic E-state index is 0.0164. The summed E-state index contributed by atoms with van der Waals surface area (Å²) in [5.41, 5.74) is 11.7. The summed E-state index contributed by atoms with van der Waals surface area (Å²) in [7, 11) is 0. The van der Waals surface area contributed by atoms with E-state index in [1.54, 1.807) is 0 Å². The van der Waals surface area contributed by atoms with Gasteiger partial charge in [-0.3, -0.25) is 0 Å². The Bertz CT molecular complexity index is 348. The maximum atomic E-state index is 6.19. The van der Waals surface area contributed by atoms with Gasteiger partial charge < -0.3 is 5.73 Å². The lowest BCUT2D eigenvalue weighted by atomic mass is 9.93. The maximum absolute atomic E-state index is 6.19. The molecule has 0 atom stereocenters. The molecule has 1 aromatic carbocycles. The van der Waals surface area contributed by atoms with Crippen LogP contribution in [0.1, 0.15) is 35.1 Å². The van der Waals surface area contributed by atoms with Crippen molar-refractivity contribution in [3.63, 3.8) is 0 Å². The Morgan fingerprint density at radius 1 is 1.08 bits per heavy atom. The molecule has 1 fully saturated rings. The van der Waals surface area contributed by atoms with Crippen molar-refractivity contribution in [3.05, 3.63) is 34.4 Å². The smallest absolute Gasteiger partial charge is 0.0414 e. The Hall–Kier alpha value is -0.820. The number of hydrogen-bond donors (Lipinski definition) is 1. The first-order valence-electron chi connectivity index (χ1n) is 4.91. The summed E-state index contributed by atoms with van der Waals surface area (Å²) in [5, 5.41) is 0. The average Bonchev–Trinajstić information content (AvgIpc) is 2.80. The molecule has 13 heavy (non-hydrogen) atoms. The van der Waals surface area contributed by atoms with Crippen molar-refractivity contribution >= 4 is 0 Å². The van der Waals surface area contributed by atoms with E-state index >= 15 is 0 Å². The number of nitrogens with two attached hydrogens (primary N) is 1. The molecule has 2 N–H and O–H groups in total. The van der Waals surface area contributed by atoms with Gasteiger partial charge >= 0.3 is 0 Å². The lowest BCUT2D eigenvalue weighted by Crippen LogP contribution is -2.20. The minimum Gasteiger partial charge on any atom is -0.321 e. The summed E-state index contributed by atoms with van der Waals surface area (Å²) >= 11 is 0. The van der Waals surface area contributed by atoms with Crippen LogP contribution < -0.4 is 5.73 Å². The van der Waals surface area contributed by atoms with Crippen molar-refractivity contribution in [2.75, 3.05) is 0 Å². The Morgan fingerprint density at radius 2 is 1.69 bits per heavy atom. The molecule has 0 bridgehead atoms. The molecule has 1 aliphatic carbocycles. The summed E-state index contributed by atoms with van der Waals surface area (Å²) in [6.45, 7) is 6.52. The largest absolute Gasteiger partial charge is 0.321 e. The van der Waals surface area contributed by atoms with E-state index in [2.05, 4.69) is 32.9 Å². The van der Waals surface area contributed by atoms with E-state index in [0.29, 0.717) is 0 Å². The second-order valence-electron chi connectivity index (χ2n) is 4.34. The van der Waals surface area contributed by atoms with E-state index in [1.807, 2.05) is 0 Å². The Kier molecular flexibility index (Phi) is 1.74. The lowest BCUT2D eigenvalue weighted by molar-refractivity contribution is 0.731. The van der Waals surface area contributed by atoms with Crippen LogP contribution in [0.15, 0.2) is 12.1 Å². The van der Waals surface area contributed by atoms with Crippen LogP contribution in [0.4, 0.5) is 0 Å². The van der Waals surface area contributed by atoms with Gasteiger partial charge in [0, 0.05) is 5.54 Å². The van der Waals surface area contributed by atoms with Gasteiger partial charge in [-0.1, -0.05) is 12.1 Å². The van der Waals surface area contributed by atoms with Crippen LogP contribution in [0.25, 0.3) is 0 Å². The minimum absolute atomic E-state index is 0.0164. The van der Waals surface area contributed by atoms with Crippen LogP contribution in [0.5, 0.6) is 0 Å². The topological polar surface area (TPSA) is 26.0 Å². The number of benzene rings is 1. The number of aryl methyl sites for hydroxylation is 1. The molecule has 1 aliphatic rings. The summed E-state index contributed by atoms with van der Waals surface area (Å²) in [6.07, 6.45) is 2.30. The van der Waals surface area contributed by atoms with Gasteiger partial charge in [-0.2, -0.15) is 0 Å². The fourth-order valence-electron chi connectivity index (χ4n) is 1.90. The van der Waals surface area contributed by atoms with E-state index in [4.69, 9.17) is 5.73 Å². The zero-order valence-electron chi connectivity index (χ0n) is 8.65. The molecule has 0 saturated heterocycles. The van der Waals surface area contributed by atoms with Crippen LogP contribution in [-0.2, 0) is 5.54 Å². The fraction of sp³-hybridized carbons (Fsp3) is 0.500. The van der Waals surface area contributed by atoms with Gasteiger partial charge in [0.15, 0.2) is 0 Å². The Labute approximate surface area is 80.0 Å². The molecular formula is C12H17N. The van der Waals surface area contributed by atoms with Gasteiger partial charge in [-0.05, 0) is 55.9 Å². The molecule has 0 spiro atoms. The van der Waals surface area contributed by atoms with E-state index in [9.17, 15) is 0 Å². The summed E-state index contributed by atoms with van der Waals surface area (Å²) in [6, 6.07) is 4.38. The quantitative estimate of drug-likeness (QED) is 0.697. The van der Waals surface area contributed by atoms with E-state index in [0.717, 1.165) is 12.8 Å². The summed E-state index contributed by atoms with van der Waals surface area (Å²) in [5.74, 6) is 0. The molecule has 2 rings (SSSR count). The Balaban J connectivity index is 2.54. The molecule has 0 aromatic heterocycles. The zero-order valence-corrected chi connectivity index (χ0v) is 8.65. The molecule has 1 saturated carbocycles. The highest BCUT2D eigenvalue weighted by Gasteiger charge is 2.41. The van der Waals surface area contributed by atoms with E-state index in [1.165, 1.54) is 22.3 Å². The van der Waals surface area contributed by atoms with Crippen molar-refractivity contribution in [2.24, 2.45) is 5.73 Å². The van der Waals surface area contributed by atoms with Gasteiger partial charge in [-0.25, -0.2) is 0 Å². The Morgan fingerprint density at radius 3 is 2.23 bits per heavy atom. The normalized spacial score (nSPS) is 18.8. The highest BCUT2D eigenvalue weighted by Crippen LogP contribution is 2.44. The molecule has 0 amide bonds. The third-order valence-corrected chi connectivity index (χ3v) is 3.38. The van der Waals surface area contributed by atoms with Crippen LogP contribution in [0.3, 0.4) is 0 Å². The maximum Gasteiger partial charge on any atom is 0.0414 e. The molecule has 0 aliphatic heterocycles. The van der Waals surface area contributed by atoms with Gasteiger partial charge in [0.1, 0.15) is 0 Å². The molecule has 0 unspecified atom stereocenters. The van der Waals surface area contributed by atoms with Crippen LogP contribution in [-0.4, -0.2) is 0 Å². The van der Waals surface area contributed by atoms with Crippen molar-refractivity contribution < 1.29 is 0 Å². The molecule has 0 heterocycles. The zero-order chi connectivity index (χ0) is 9.64. The predicted octanol–water partition coefficient (Wildman–Crippen LogP) is 2.56. The van der Waals surface area contributed by atoms with Crippen LogP contribution in [0, 0.1) is 20.8 Å². The second kappa shape index (κ2) is 2.58. The van der Waals surface area contributed by atoms with Crippen LogP contribution >= 0.6 is 0 Å². The highest BCUT2D eigenvalue weighted by molar-refractivity contribution is 5.44. The molecule has 0 radical (unpaired) electrons. The summed E-state index contributed by atoms with van der Waals surface area (Å²) in [4.78, 5) is 0. The van der Waals surface area contributed by atoms with Crippen molar-refractivity contribution in [1.82, 2.24) is 0 Å². The van der Waals surface area contributed by atoms with Gasteiger partial charge in [0.25, 0.3) is 0 Å². The summed E-state index contributed by atoms with van der Waals surface area (Å²) < 4.78 is 0. The van der Waals surface area contributed by atoms with Gasteiger partial charge in [0.05, 0.1) is 0 Å². The van der Waals surface area contributed by atoms with Gasteiger partial charge in [0.2, 0.25) is 0 Å². The first kappa shape index (κ1) is 8.76. The highest BCUT2D eigenvalue weighted by atomic mass is 14.8. The molecular weight excluding hydrogens is 158 g/mol. The average molecular weight is 175 g/mol. The molecule has 70 valence electrons. The first-order valence-corrected chi connectivity index (χ1v) is 4.91. The third kappa shape index (κ3) is 1.28. The van der Waals surface area contributed by atoms with Crippen LogP contribution in [0.2, 0.25) is 0 Å². The molecule has 1 nitrogen and oxygen atoms in total. The fourth-order valence-corrected chi connectivity index (χ4v) is 1.90. The number of hydrogen-bond acceptors (Lipinski definition) is 1. The molecule has 1 aromatic rings. The van der Waals surface area contributed by atoms with Crippen molar-refractivity contribution in [2.45, 2.75) is 39.2 Å². The van der Waals surface area contributed by atoms with Crippen molar-refractivity contribution in [3.8, 4) is 0 Å². The predicted molar refractivity (Wildman–Crippen MR) is 55.8 cm³/mol. The number of rotatable bonds is 1. The van der Waals surface area contributed by atoms with E-state index < -0.39 is 0 Å². The standard InChI is InChI=1S/C12H17N/c1-8-4-5-11(10(3)9(8)2)12(13)6-7-12/h4-5H,6-7,13H2,1-3H3. The van der Waals surface area contributed by atoms with E-state index in [-0.39, 0.29) is 5.54 Å². The lowest BCUT2D eigenvalue weighted by Gasteiger charge is -2.16. The first-order chi connectivity index (χ1) is 6.04. The second-order valence-corrected chi connectivity index (χ2v) is 4.34. The van der Waals surface area contributed by atoms with Gasteiger partial charge in [-0.15, -0.1) is 0 Å².